The van der Waals surface area contributed by atoms with E-state index in [1.165, 1.54) is 4.90 Å². The minimum atomic E-state index is -0.150. The van der Waals surface area contributed by atoms with E-state index >= 15 is 0 Å². The molecule has 5 heteroatoms. The Hall–Kier alpha value is -2.27. The standard InChI is InChI=1S/C19H22N2O2S/c22-18(12-14-21-19(23)16-8-3-1-4-9-16)20-13-7-15-24-17-10-5-2-6-11-17/h1-6,8-11H,7,12-15H2,(H,20,22)(H,21,23). The van der Waals surface area contributed by atoms with Gasteiger partial charge in [-0.3, -0.25) is 9.59 Å². The Balaban J connectivity index is 1.51. The molecule has 0 aliphatic carbocycles. The third kappa shape index (κ3) is 6.87. The van der Waals surface area contributed by atoms with Crippen LogP contribution in [-0.4, -0.2) is 30.7 Å². The van der Waals surface area contributed by atoms with Crippen LogP contribution in [-0.2, 0) is 4.79 Å². The molecular formula is C19H22N2O2S. The zero-order valence-electron chi connectivity index (χ0n) is 13.5. The van der Waals surface area contributed by atoms with Gasteiger partial charge in [-0.1, -0.05) is 36.4 Å². The maximum Gasteiger partial charge on any atom is 0.251 e. The zero-order valence-corrected chi connectivity index (χ0v) is 14.4. The van der Waals surface area contributed by atoms with E-state index in [9.17, 15) is 9.59 Å². The van der Waals surface area contributed by atoms with Gasteiger partial charge in [0.25, 0.3) is 5.91 Å². The van der Waals surface area contributed by atoms with Crippen molar-refractivity contribution < 1.29 is 9.59 Å². The molecule has 24 heavy (non-hydrogen) atoms. The van der Waals surface area contributed by atoms with E-state index in [1.807, 2.05) is 36.4 Å². The second kappa shape index (κ2) is 10.5. The third-order valence-electron chi connectivity index (χ3n) is 3.33. The minimum Gasteiger partial charge on any atom is -0.356 e. The highest BCUT2D eigenvalue weighted by Gasteiger charge is 2.05. The van der Waals surface area contributed by atoms with Crippen LogP contribution in [0, 0.1) is 0 Å². The van der Waals surface area contributed by atoms with E-state index < -0.39 is 0 Å². The number of hydrogen-bond acceptors (Lipinski definition) is 3. The highest BCUT2D eigenvalue weighted by Crippen LogP contribution is 2.17. The number of benzene rings is 2. The van der Waals surface area contributed by atoms with Crippen molar-refractivity contribution in [3.63, 3.8) is 0 Å². The number of carbonyl (C=O) groups is 2. The van der Waals surface area contributed by atoms with Crippen LogP contribution < -0.4 is 10.6 Å². The summed E-state index contributed by atoms with van der Waals surface area (Å²) in [5, 5.41) is 5.63. The van der Waals surface area contributed by atoms with Gasteiger partial charge in [-0.25, -0.2) is 0 Å². The molecule has 0 aliphatic heterocycles. The molecule has 0 saturated heterocycles. The smallest absolute Gasteiger partial charge is 0.251 e. The topological polar surface area (TPSA) is 58.2 Å². The zero-order chi connectivity index (χ0) is 17.0. The van der Waals surface area contributed by atoms with Gasteiger partial charge in [0.1, 0.15) is 0 Å². The van der Waals surface area contributed by atoms with Gasteiger partial charge in [0.15, 0.2) is 0 Å². The summed E-state index contributed by atoms with van der Waals surface area (Å²) in [4.78, 5) is 24.8. The average molecular weight is 342 g/mol. The number of carbonyl (C=O) groups excluding carboxylic acids is 2. The van der Waals surface area contributed by atoms with Crippen molar-refractivity contribution in [1.82, 2.24) is 10.6 Å². The largest absolute Gasteiger partial charge is 0.356 e. The van der Waals surface area contributed by atoms with Gasteiger partial charge in [0.2, 0.25) is 5.91 Å². The summed E-state index contributed by atoms with van der Waals surface area (Å²) < 4.78 is 0. The molecule has 2 N–H and O–H groups in total. The second-order valence-corrected chi connectivity index (χ2v) is 6.41. The number of rotatable bonds is 9. The molecule has 0 heterocycles. The Morgan fingerprint density at radius 2 is 1.50 bits per heavy atom. The fourth-order valence-corrected chi connectivity index (χ4v) is 2.95. The van der Waals surface area contributed by atoms with Crippen molar-refractivity contribution in [2.24, 2.45) is 0 Å². The molecule has 126 valence electrons. The van der Waals surface area contributed by atoms with Crippen molar-refractivity contribution >= 4 is 23.6 Å². The molecule has 4 nitrogen and oxygen atoms in total. The predicted molar refractivity (Wildman–Crippen MR) is 98.2 cm³/mol. The lowest BCUT2D eigenvalue weighted by atomic mass is 10.2. The van der Waals surface area contributed by atoms with Gasteiger partial charge in [0, 0.05) is 30.0 Å². The van der Waals surface area contributed by atoms with E-state index in [1.54, 1.807) is 23.9 Å². The number of nitrogens with one attached hydrogen (secondary N) is 2. The normalized spacial score (nSPS) is 10.2. The first kappa shape index (κ1) is 18.1. The number of thioether (sulfide) groups is 1. The van der Waals surface area contributed by atoms with Crippen LogP contribution in [0.15, 0.2) is 65.6 Å². The summed E-state index contributed by atoms with van der Waals surface area (Å²) in [6.45, 7) is 1.00. The summed E-state index contributed by atoms with van der Waals surface area (Å²) in [5.41, 5.74) is 0.607. The van der Waals surface area contributed by atoms with E-state index in [0.717, 1.165) is 12.2 Å². The van der Waals surface area contributed by atoms with E-state index in [2.05, 4.69) is 22.8 Å². The molecule has 0 aromatic heterocycles. The molecule has 0 fully saturated rings. The summed E-state index contributed by atoms with van der Waals surface area (Å²) >= 11 is 1.78. The van der Waals surface area contributed by atoms with Crippen LogP contribution in [0.5, 0.6) is 0 Å². The Labute approximate surface area is 147 Å². The lowest BCUT2D eigenvalue weighted by Crippen LogP contribution is -2.31. The lowest BCUT2D eigenvalue weighted by molar-refractivity contribution is -0.120. The lowest BCUT2D eigenvalue weighted by Gasteiger charge is -2.07. The van der Waals surface area contributed by atoms with Crippen molar-refractivity contribution in [2.75, 3.05) is 18.8 Å². The van der Waals surface area contributed by atoms with Gasteiger partial charge < -0.3 is 10.6 Å². The highest BCUT2D eigenvalue weighted by atomic mass is 32.2. The molecule has 0 saturated carbocycles. The van der Waals surface area contributed by atoms with Crippen LogP contribution in [0.25, 0.3) is 0 Å². The summed E-state index contributed by atoms with van der Waals surface area (Å²) in [7, 11) is 0. The Morgan fingerprint density at radius 1 is 0.833 bits per heavy atom. The maximum atomic E-state index is 11.8. The first-order chi connectivity index (χ1) is 11.8. The first-order valence-electron chi connectivity index (χ1n) is 8.03. The van der Waals surface area contributed by atoms with Crippen molar-refractivity contribution in [2.45, 2.75) is 17.7 Å². The molecular weight excluding hydrogens is 320 g/mol. The number of hydrogen-bond donors (Lipinski definition) is 2. The van der Waals surface area contributed by atoms with Crippen LogP contribution in [0.1, 0.15) is 23.2 Å². The van der Waals surface area contributed by atoms with Gasteiger partial charge >= 0.3 is 0 Å². The molecule has 2 amide bonds. The minimum absolute atomic E-state index is 0.0342. The van der Waals surface area contributed by atoms with Crippen LogP contribution in [0.2, 0.25) is 0 Å². The van der Waals surface area contributed by atoms with E-state index in [4.69, 9.17) is 0 Å². The van der Waals surface area contributed by atoms with Gasteiger partial charge in [-0.05, 0) is 36.4 Å². The van der Waals surface area contributed by atoms with Crippen LogP contribution in [0.4, 0.5) is 0 Å². The average Bonchev–Trinajstić information content (AvgIpc) is 2.63. The summed E-state index contributed by atoms with van der Waals surface area (Å²) in [5.74, 6) is 0.783. The summed E-state index contributed by atoms with van der Waals surface area (Å²) in [6.07, 6.45) is 1.21. The number of amides is 2. The molecule has 0 spiro atoms. The molecule has 0 atom stereocenters. The molecule has 2 aromatic rings. The van der Waals surface area contributed by atoms with Crippen molar-refractivity contribution in [3.8, 4) is 0 Å². The molecule has 0 unspecified atom stereocenters. The van der Waals surface area contributed by atoms with Crippen LogP contribution >= 0.6 is 11.8 Å². The molecule has 0 radical (unpaired) electrons. The summed E-state index contributed by atoms with van der Waals surface area (Å²) in [6, 6.07) is 19.2. The fraction of sp³-hybridized carbons (Fsp3) is 0.263. The molecule has 2 rings (SSSR count). The molecule has 0 aliphatic rings. The SMILES string of the molecule is O=C(CCNC(=O)c1ccccc1)NCCCSc1ccccc1. The van der Waals surface area contributed by atoms with Gasteiger partial charge in [-0.15, -0.1) is 11.8 Å². The third-order valence-corrected chi connectivity index (χ3v) is 4.43. The Morgan fingerprint density at radius 3 is 2.21 bits per heavy atom. The van der Waals surface area contributed by atoms with Gasteiger partial charge in [-0.2, -0.15) is 0 Å². The quantitative estimate of drug-likeness (QED) is 0.544. The van der Waals surface area contributed by atoms with E-state index in [0.29, 0.717) is 25.1 Å². The van der Waals surface area contributed by atoms with Crippen molar-refractivity contribution in [1.29, 1.82) is 0 Å². The molecule has 0 bridgehead atoms. The predicted octanol–water partition coefficient (Wildman–Crippen LogP) is 3.11. The fourth-order valence-electron chi connectivity index (χ4n) is 2.08. The highest BCUT2D eigenvalue weighted by molar-refractivity contribution is 7.99. The Bertz CT molecular complexity index is 632. The monoisotopic (exact) mass is 342 g/mol. The van der Waals surface area contributed by atoms with E-state index in [-0.39, 0.29) is 11.8 Å². The Kier molecular flexibility index (Phi) is 7.90. The maximum absolute atomic E-state index is 11.8. The molecule has 2 aromatic carbocycles. The second-order valence-electron chi connectivity index (χ2n) is 5.24. The van der Waals surface area contributed by atoms with Gasteiger partial charge in [0.05, 0.1) is 0 Å². The van der Waals surface area contributed by atoms with Crippen molar-refractivity contribution in [3.05, 3.63) is 66.2 Å². The van der Waals surface area contributed by atoms with Crippen LogP contribution in [0.3, 0.4) is 0 Å². The first-order valence-corrected chi connectivity index (χ1v) is 9.02.